The fourth-order valence-electron chi connectivity index (χ4n) is 3.96. The number of nitrogens with one attached hydrogen (secondary N) is 2. The molecule has 7 heteroatoms. The van der Waals surface area contributed by atoms with Crippen molar-refractivity contribution in [1.82, 2.24) is 15.5 Å². The first-order chi connectivity index (χ1) is 13.7. The molecule has 1 atom stereocenters. The standard InChI is InChI=1S/C22H34N4O2.HI/c1-3-21(27)26-14-13-18(16-26)25-22(23-2)24-15-17-9-11-20(12-10-17)28-19-7-5-4-6-8-19;/h9-12,18-19H,3-8,13-16H2,1-2H3,(H2,23,24,25);1H. The Balaban J connectivity index is 0.00000300. The van der Waals surface area contributed by atoms with Crippen molar-refractivity contribution >= 4 is 35.8 Å². The topological polar surface area (TPSA) is 66.0 Å². The molecule has 2 N–H and O–H groups in total. The van der Waals surface area contributed by atoms with Crippen LogP contribution in [0, 0.1) is 0 Å². The molecule has 0 spiro atoms. The minimum absolute atomic E-state index is 0. The highest BCUT2D eigenvalue weighted by atomic mass is 127. The lowest BCUT2D eigenvalue weighted by Crippen LogP contribution is -2.44. The van der Waals surface area contributed by atoms with E-state index in [1.54, 1.807) is 7.05 Å². The van der Waals surface area contributed by atoms with Gasteiger partial charge in [0.15, 0.2) is 5.96 Å². The number of guanidine groups is 1. The van der Waals surface area contributed by atoms with Gasteiger partial charge in [-0.2, -0.15) is 0 Å². The summed E-state index contributed by atoms with van der Waals surface area (Å²) in [6.07, 6.45) is 8.16. The van der Waals surface area contributed by atoms with E-state index in [-0.39, 0.29) is 35.9 Å². The van der Waals surface area contributed by atoms with Crippen molar-refractivity contribution in [2.45, 2.75) is 70.6 Å². The molecule has 1 aromatic carbocycles. The number of ether oxygens (including phenoxy) is 1. The van der Waals surface area contributed by atoms with Crippen LogP contribution in [-0.2, 0) is 11.3 Å². The van der Waals surface area contributed by atoms with Gasteiger partial charge in [-0.15, -0.1) is 24.0 Å². The molecule has 6 nitrogen and oxygen atoms in total. The number of carbonyl (C=O) groups excluding carboxylic acids is 1. The fourth-order valence-corrected chi connectivity index (χ4v) is 3.96. The second-order valence-corrected chi connectivity index (χ2v) is 7.77. The molecule has 1 heterocycles. The van der Waals surface area contributed by atoms with Crippen molar-refractivity contribution in [2.75, 3.05) is 20.1 Å². The van der Waals surface area contributed by atoms with Crippen molar-refractivity contribution in [3.63, 3.8) is 0 Å². The predicted octanol–water partition coefficient (Wildman–Crippen LogP) is 3.69. The van der Waals surface area contributed by atoms with E-state index in [4.69, 9.17) is 4.74 Å². The van der Waals surface area contributed by atoms with Gasteiger partial charge < -0.3 is 20.3 Å². The van der Waals surface area contributed by atoms with Crippen LogP contribution in [0.3, 0.4) is 0 Å². The van der Waals surface area contributed by atoms with E-state index < -0.39 is 0 Å². The number of nitrogens with zero attached hydrogens (tertiary/aromatic N) is 2. The van der Waals surface area contributed by atoms with E-state index in [2.05, 4.69) is 39.9 Å². The van der Waals surface area contributed by atoms with Crippen LogP contribution in [0.5, 0.6) is 5.75 Å². The smallest absolute Gasteiger partial charge is 0.222 e. The Morgan fingerprint density at radius 1 is 1.17 bits per heavy atom. The second-order valence-electron chi connectivity index (χ2n) is 7.77. The number of rotatable bonds is 6. The Kier molecular flexibility index (Phi) is 10.0. The summed E-state index contributed by atoms with van der Waals surface area (Å²) in [5.74, 6) is 1.96. The number of aliphatic imine (C=N–C) groups is 1. The Morgan fingerprint density at radius 3 is 2.55 bits per heavy atom. The number of carbonyl (C=O) groups is 1. The zero-order valence-electron chi connectivity index (χ0n) is 17.7. The number of halogens is 1. The zero-order chi connectivity index (χ0) is 19.8. The lowest BCUT2D eigenvalue weighted by molar-refractivity contribution is -0.129. The first-order valence-corrected chi connectivity index (χ1v) is 10.7. The van der Waals surface area contributed by atoms with Crippen molar-refractivity contribution in [2.24, 2.45) is 4.99 Å². The van der Waals surface area contributed by atoms with Gasteiger partial charge in [-0.25, -0.2) is 0 Å². The summed E-state index contributed by atoms with van der Waals surface area (Å²) in [5, 5.41) is 6.80. The van der Waals surface area contributed by atoms with Crippen LogP contribution in [0.4, 0.5) is 0 Å². The number of likely N-dealkylation sites (tertiary alicyclic amines) is 1. The molecule has 162 valence electrons. The SMILES string of the molecule is CCC(=O)N1CCC(NC(=NC)NCc2ccc(OC3CCCCC3)cc2)C1.I. The highest BCUT2D eigenvalue weighted by molar-refractivity contribution is 14.0. The van der Waals surface area contributed by atoms with E-state index in [0.29, 0.717) is 19.1 Å². The first kappa shape index (κ1) is 23.8. The third-order valence-corrected chi connectivity index (χ3v) is 5.65. The van der Waals surface area contributed by atoms with Gasteiger partial charge in [-0.1, -0.05) is 25.5 Å². The van der Waals surface area contributed by atoms with Gasteiger partial charge in [0.05, 0.1) is 6.10 Å². The van der Waals surface area contributed by atoms with E-state index in [1.165, 1.54) is 37.7 Å². The van der Waals surface area contributed by atoms with E-state index in [1.807, 2.05) is 11.8 Å². The monoisotopic (exact) mass is 514 g/mol. The second kappa shape index (κ2) is 12.2. The van der Waals surface area contributed by atoms with Crippen LogP contribution >= 0.6 is 24.0 Å². The molecule has 1 saturated carbocycles. The van der Waals surface area contributed by atoms with Crippen molar-refractivity contribution in [3.05, 3.63) is 29.8 Å². The van der Waals surface area contributed by atoms with Crippen molar-refractivity contribution in [3.8, 4) is 5.75 Å². The number of hydrogen-bond donors (Lipinski definition) is 2. The van der Waals surface area contributed by atoms with Gasteiger partial charge in [-0.3, -0.25) is 9.79 Å². The molecule has 2 aliphatic rings. The molecule has 2 fully saturated rings. The predicted molar refractivity (Wildman–Crippen MR) is 128 cm³/mol. The van der Waals surface area contributed by atoms with Crippen molar-refractivity contribution in [1.29, 1.82) is 0 Å². The first-order valence-electron chi connectivity index (χ1n) is 10.7. The maximum Gasteiger partial charge on any atom is 0.222 e. The van der Waals surface area contributed by atoms with E-state index in [9.17, 15) is 4.79 Å². The lowest BCUT2D eigenvalue weighted by Gasteiger charge is -2.23. The Bertz CT molecular complexity index is 659. The molecule has 0 aromatic heterocycles. The summed E-state index contributed by atoms with van der Waals surface area (Å²) < 4.78 is 6.10. The Hall–Kier alpha value is -1.51. The molecule has 1 saturated heterocycles. The van der Waals surface area contributed by atoms with Gasteiger partial charge in [0.25, 0.3) is 0 Å². The highest BCUT2D eigenvalue weighted by Crippen LogP contribution is 2.23. The van der Waals surface area contributed by atoms with Gasteiger partial charge in [0, 0.05) is 39.1 Å². The largest absolute Gasteiger partial charge is 0.490 e. The summed E-state index contributed by atoms with van der Waals surface area (Å²) in [7, 11) is 1.78. The molecule has 1 unspecified atom stereocenters. The third-order valence-electron chi connectivity index (χ3n) is 5.65. The lowest BCUT2D eigenvalue weighted by atomic mass is 9.98. The van der Waals surface area contributed by atoms with Crippen LogP contribution < -0.4 is 15.4 Å². The molecule has 29 heavy (non-hydrogen) atoms. The van der Waals surface area contributed by atoms with Gasteiger partial charge in [0.1, 0.15) is 5.75 Å². The minimum atomic E-state index is 0. The molecule has 0 bridgehead atoms. The summed E-state index contributed by atoms with van der Waals surface area (Å²) in [6, 6.07) is 8.60. The van der Waals surface area contributed by atoms with Gasteiger partial charge >= 0.3 is 0 Å². The summed E-state index contributed by atoms with van der Waals surface area (Å²) in [4.78, 5) is 18.1. The highest BCUT2D eigenvalue weighted by Gasteiger charge is 2.25. The Labute approximate surface area is 191 Å². The number of hydrogen-bond acceptors (Lipinski definition) is 3. The van der Waals surface area contributed by atoms with Crippen molar-refractivity contribution < 1.29 is 9.53 Å². The molecule has 1 aliphatic carbocycles. The van der Waals surface area contributed by atoms with Crippen LogP contribution in [0.15, 0.2) is 29.3 Å². The van der Waals surface area contributed by atoms with Crippen LogP contribution in [0.25, 0.3) is 0 Å². The summed E-state index contributed by atoms with van der Waals surface area (Å²) in [5.41, 5.74) is 1.19. The summed E-state index contributed by atoms with van der Waals surface area (Å²) >= 11 is 0. The fraction of sp³-hybridized carbons (Fsp3) is 0.636. The average molecular weight is 514 g/mol. The quantitative estimate of drug-likeness (QED) is 0.345. The van der Waals surface area contributed by atoms with E-state index in [0.717, 1.165) is 31.2 Å². The third kappa shape index (κ3) is 7.35. The molecular formula is C22H35IN4O2. The van der Waals surface area contributed by atoms with Crippen LogP contribution in [0.1, 0.15) is 57.4 Å². The van der Waals surface area contributed by atoms with Gasteiger partial charge in [0.2, 0.25) is 5.91 Å². The molecular weight excluding hydrogens is 479 g/mol. The molecule has 1 amide bonds. The molecule has 0 radical (unpaired) electrons. The molecule has 1 aromatic rings. The minimum Gasteiger partial charge on any atom is -0.490 e. The zero-order valence-corrected chi connectivity index (χ0v) is 20.0. The summed E-state index contributed by atoms with van der Waals surface area (Å²) in [6.45, 7) is 4.19. The number of amides is 1. The maximum absolute atomic E-state index is 11.8. The number of benzene rings is 1. The maximum atomic E-state index is 11.8. The molecule has 1 aliphatic heterocycles. The van der Waals surface area contributed by atoms with Gasteiger partial charge in [-0.05, 0) is 49.8 Å². The average Bonchev–Trinajstić information content (AvgIpc) is 3.21. The Morgan fingerprint density at radius 2 is 1.90 bits per heavy atom. The van der Waals surface area contributed by atoms with E-state index >= 15 is 0 Å². The van der Waals surface area contributed by atoms with Crippen LogP contribution in [-0.4, -0.2) is 49.0 Å². The van der Waals surface area contributed by atoms with Crippen LogP contribution in [0.2, 0.25) is 0 Å². The normalized spacial score (nSPS) is 20.1. The molecule has 3 rings (SSSR count).